The van der Waals surface area contributed by atoms with E-state index in [9.17, 15) is 54.9 Å². The third-order valence-corrected chi connectivity index (χ3v) is 8.23. The number of carbonyl (C=O) groups excluding carboxylic acids is 4. The summed E-state index contributed by atoms with van der Waals surface area (Å²) in [7, 11) is 1.93. The number of hydrogen-bond acceptors (Lipinski definition) is 14. The van der Waals surface area contributed by atoms with Crippen molar-refractivity contribution in [2.75, 3.05) is 14.2 Å². The summed E-state index contributed by atoms with van der Waals surface area (Å²) in [5.74, 6) is -10.7. The lowest BCUT2D eigenvalue weighted by atomic mass is 9.69. The van der Waals surface area contributed by atoms with Crippen LogP contribution in [0.1, 0.15) is 50.8 Å². The normalized spacial score (nSPS) is 20.3. The number of phenolic OH excluding ortho intramolecular Hbond substituents is 5. The lowest BCUT2D eigenvalue weighted by Gasteiger charge is -2.45. The largest absolute Gasteiger partial charge is 0.507 e. The van der Waals surface area contributed by atoms with Gasteiger partial charge in [0.25, 0.3) is 5.60 Å². The van der Waals surface area contributed by atoms with Crippen LogP contribution in [0.3, 0.4) is 0 Å². The molecular weight excluding hydrogens is 608 g/mol. The van der Waals surface area contributed by atoms with Gasteiger partial charge in [-0.25, -0.2) is 9.59 Å². The van der Waals surface area contributed by atoms with Crippen LogP contribution in [0.25, 0.3) is 16.9 Å². The van der Waals surface area contributed by atoms with Crippen molar-refractivity contribution in [2.45, 2.75) is 32.0 Å². The van der Waals surface area contributed by atoms with Gasteiger partial charge in [0.05, 0.1) is 25.4 Å². The second-order valence-electron chi connectivity index (χ2n) is 10.9. The van der Waals surface area contributed by atoms with E-state index in [2.05, 4.69) is 4.74 Å². The predicted molar refractivity (Wildman–Crippen MR) is 156 cm³/mol. The van der Waals surface area contributed by atoms with E-state index in [1.54, 1.807) is 0 Å². The molecule has 1 saturated carbocycles. The molecule has 1 fully saturated rings. The van der Waals surface area contributed by atoms with Crippen molar-refractivity contribution < 1.29 is 69.1 Å². The van der Waals surface area contributed by atoms with E-state index in [-0.39, 0.29) is 23.1 Å². The number of carbonyl (C=O) groups is 4. The average molecular weight is 637 g/mol. The maximum atomic E-state index is 13.8. The van der Waals surface area contributed by atoms with Crippen molar-refractivity contribution in [2.24, 2.45) is 5.92 Å². The van der Waals surface area contributed by atoms with Crippen LogP contribution in [0.2, 0.25) is 0 Å². The molecule has 3 aromatic rings. The van der Waals surface area contributed by atoms with Gasteiger partial charge in [-0.05, 0) is 48.7 Å². The van der Waals surface area contributed by atoms with Crippen molar-refractivity contribution in [3.8, 4) is 45.6 Å². The standard InChI is InChI=1S/C32H28O14/c1-11-9-17(35)19(22(24(11)37)30(42)44-3)26(39)20-15(33)7-5-13(25(20)38)14-6-8-16(34)21-27(40)23-18(36)10-12(2)29(41)32(23,31(43)45-4)46-28(14)21/h5-9,12,29,33-35,37-38,40-41H,10H2,1-4H3/t12-,29+,32+/m1/s1. The average Bonchev–Trinajstić information content (AvgIpc) is 3.00. The van der Waals surface area contributed by atoms with Crippen LogP contribution in [0, 0.1) is 12.8 Å². The first-order valence-electron chi connectivity index (χ1n) is 13.7. The quantitative estimate of drug-likeness (QED) is 0.121. The van der Waals surface area contributed by atoms with Crippen molar-refractivity contribution in [3.63, 3.8) is 0 Å². The minimum atomic E-state index is -2.60. The number of ketones is 2. The van der Waals surface area contributed by atoms with Gasteiger partial charge < -0.3 is 50.0 Å². The third-order valence-electron chi connectivity index (χ3n) is 8.23. The first kappa shape index (κ1) is 31.7. The lowest BCUT2D eigenvalue weighted by Crippen LogP contribution is -2.64. The summed E-state index contributed by atoms with van der Waals surface area (Å²) in [6.45, 7) is 2.81. The van der Waals surface area contributed by atoms with Gasteiger partial charge in [-0.3, -0.25) is 9.59 Å². The highest BCUT2D eigenvalue weighted by atomic mass is 16.6. The molecule has 1 aliphatic carbocycles. The van der Waals surface area contributed by atoms with Gasteiger partial charge in [0.2, 0.25) is 5.78 Å². The smallest absolute Gasteiger partial charge is 0.358 e. The molecule has 0 spiro atoms. The van der Waals surface area contributed by atoms with Gasteiger partial charge in [-0.2, -0.15) is 0 Å². The zero-order valence-electron chi connectivity index (χ0n) is 24.7. The Morgan fingerprint density at radius 2 is 1.48 bits per heavy atom. The van der Waals surface area contributed by atoms with Crippen LogP contribution in [0.15, 0.2) is 35.9 Å². The van der Waals surface area contributed by atoms with Crippen molar-refractivity contribution in [1.29, 1.82) is 0 Å². The molecule has 0 radical (unpaired) electrons. The zero-order valence-corrected chi connectivity index (χ0v) is 24.7. The third kappa shape index (κ3) is 4.29. The van der Waals surface area contributed by atoms with Crippen molar-refractivity contribution in [1.82, 2.24) is 0 Å². The van der Waals surface area contributed by atoms with Crippen LogP contribution in [-0.4, -0.2) is 85.2 Å². The van der Waals surface area contributed by atoms with Crippen molar-refractivity contribution >= 4 is 29.3 Å². The second kappa shape index (κ2) is 11.0. The molecule has 1 aliphatic heterocycles. The highest BCUT2D eigenvalue weighted by Crippen LogP contribution is 2.54. The molecule has 46 heavy (non-hydrogen) atoms. The molecule has 0 unspecified atom stereocenters. The Kier molecular flexibility index (Phi) is 7.57. The number of ether oxygens (including phenoxy) is 3. The van der Waals surface area contributed by atoms with Gasteiger partial charge in [0.15, 0.2) is 5.78 Å². The Morgan fingerprint density at radius 1 is 0.848 bits per heavy atom. The van der Waals surface area contributed by atoms with Crippen LogP contribution in [0.5, 0.6) is 34.5 Å². The van der Waals surface area contributed by atoms with Gasteiger partial charge >= 0.3 is 11.9 Å². The number of aromatic hydroxyl groups is 5. The Balaban J connectivity index is 1.79. The monoisotopic (exact) mass is 636 g/mol. The van der Waals surface area contributed by atoms with E-state index in [1.165, 1.54) is 13.8 Å². The number of phenols is 5. The number of hydrogen-bond donors (Lipinski definition) is 7. The summed E-state index contributed by atoms with van der Waals surface area (Å²) in [4.78, 5) is 52.8. The molecule has 14 nitrogen and oxygen atoms in total. The fraction of sp³-hybridized carbons (Fsp3) is 0.250. The van der Waals surface area contributed by atoms with Gasteiger partial charge in [0, 0.05) is 17.5 Å². The number of methoxy groups -OCH3 is 2. The first-order chi connectivity index (χ1) is 21.6. The maximum Gasteiger partial charge on any atom is 0.358 e. The van der Waals surface area contributed by atoms with Gasteiger partial charge in [-0.1, -0.05) is 6.92 Å². The van der Waals surface area contributed by atoms with E-state index >= 15 is 0 Å². The molecule has 1 heterocycles. The van der Waals surface area contributed by atoms with E-state index in [4.69, 9.17) is 9.47 Å². The molecule has 3 atom stereocenters. The predicted octanol–water partition coefficient (Wildman–Crippen LogP) is 2.75. The Morgan fingerprint density at radius 3 is 2.11 bits per heavy atom. The molecule has 240 valence electrons. The van der Waals surface area contributed by atoms with Crippen molar-refractivity contribution in [3.05, 3.63) is 63.7 Å². The number of fused-ring (bicyclic) bond motifs is 2. The molecule has 3 aromatic carbocycles. The molecule has 14 heteroatoms. The first-order valence-corrected chi connectivity index (χ1v) is 13.7. The van der Waals surface area contributed by atoms with Crippen LogP contribution < -0.4 is 4.74 Å². The van der Waals surface area contributed by atoms with Crippen LogP contribution >= 0.6 is 0 Å². The Hall–Kier alpha value is -5.76. The van der Waals surface area contributed by atoms with E-state index in [0.717, 1.165) is 44.6 Å². The number of esters is 2. The molecule has 0 amide bonds. The van der Waals surface area contributed by atoms with Crippen LogP contribution in [0.4, 0.5) is 0 Å². The second-order valence-corrected chi connectivity index (χ2v) is 10.9. The lowest BCUT2D eigenvalue weighted by molar-refractivity contribution is -0.173. The molecule has 0 saturated heterocycles. The fourth-order valence-electron chi connectivity index (χ4n) is 5.97. The molecule has 2 aliphatic rings. The number of rotatable bonds is 5. The SMILES string of the molecule is COC(=O)c1c(O)c(C)cc(O)c1C(=O)c1c(O)ccc(-c2ccc(O)c3c2O[C@@]2(C(=O)OC)C(=C3O)C(=O)C[C@@H](C)[C@@H]2O)c1O. The number of Topliss-reactive ketones (excluding diaryl/α,β-unsaturated/α-hetero) is 1. The molecule has 0 aromatic heterocycles. The summed E-state index contributed by atoms with van der Waals surface area (Å²) in [5, 5.41) is 76.7. The molecule has 7 N–H and O–H groups in total. The maximum absolute atomic E-state index is 13.8. The molecular formula is C32H28O14. The fourth-order valence-corrected chi connectivity index (χ4v) is 5.97. The number of aliphatic hydroxyl groups excluding tert-OH is 2. The summed E-state index contributed by atoms with van der Waals surface area (Å²) in [5.41, 5.74) is -6.67. The highest BCUT2D eigenvalue weighted by molar-refractivity contribution is 6.20. The summed E-state index contributed by atoms with van der Waals surface area (Å²) >= 11 is 0. The number of aryl methyl sites for hydroxylation is 1. The molecule has 0 bridgehead atoms. The highest BCUT2D eigenvalue weighted by Gasteiger charge is 2.63. The minimum Gasteiger partial charge on any atom is -0.507 e. The van der Waals surface area contributed by atoms with Crippen LogP contribution in [-0.2, 0) is 19.1 Å². The zero-order chi connectivity index (χ0) is 34.0. The van der Waals surface area contributed by atoms with E-state index in [0.29, 0.717) is 0 Å². The van der Waals surface area contributed by atoms with Gasteiger partial charge in [-0.15, -0.1) is 0 Å². The summed E-state index contributed by atoms with van der Waals surface area (Å²) in [6, 6.07) is 5.27. The van der Waals surface area contributed by atoms with Gasteiger partial charge in [0.1, 0.15) is 63.1 Å². The minimum absolute atomic E-state index is 0.00832. The number of benzene rings is 3. The summed E-state index contributed by atoms with van der Waals surface area (Å²) < 4.78 is 15.6. The Labute approximate surface area is 259 Å². The number of aliphatic hydroxyl groups is 2. The van der Waals surface area contributed by atoms with E-state index < -0.39 is 109 Å². The molecule has 5 rings (SSSR count). The van der Waals surface area contributed by atoms with E-state index in [1.807, 2.05) is 0 Å². The summed E-state index contributed by atoms with van der Waals surface area (Å²) in [6.07, 6.45) is -2.02. The topological polar surface area (TPSA) is 238 Å². The Bertz CT molecular complexity index is 1910.